The van der Waals surface area contributed by atoms with Crippen LogP contribution in [0, 0.1) is 13.8 Å². The number of carbonyl (C=O) groups is 2. The summed E-state index contributed by atoms with van der Waals surface area (Å²) in [6.45, 7) is 8.91. The molecule has 3 heterocycles. The van der Waals surface area contributed by atoms with Gasteiger partial charge in [-0.3, -0.25) is 14.5 Å². The van der Waals surface area contributed by atoms with Crippen LogP contribution in [0.5, 0.6) is 0 Å². The van der Waals surface area contributed by atoms with Crippen molar-refractivity contribution in [1.29, 1.82) is 0 Å². The lowest BCUT2D eigenvalue weighted by Gasteiger charge is -2.34. The van der Waals surface area contributed by atoms with Gasteiger partial charge in [0.15, 0.2) is 5.78 Å². The van der Waals surface area contributed by atoms with E-state index in [0.29, 0.717) is 19.6 Å². The van der Waals surface area contributed by atoms with Crippen molar-refractivity contribution in [3.63, 3.8) is 0 Å². The van der Waals surface area contributed by atoms with Crippen LogP contribution >= 0.6 is 0 Å². The quantitative estimate of drug-likeness (QED) is 0.689. The maximum atomic E-state index is 13.0. The summed E-state index contributed by atoms with van der Waals surface area (Å²) in [5.41, 5.74) is 3.68. The third kappa shape index (κ3) is 4.50. The smallest absolute Gasteiger partial charge is 0.253 e. The van der Waals surface area contributed by atoms with Crippen molar-refractivity contribution in [2.75, 3.05) is 39.3 Å². The number of nitrogens with zero attached hydrogens (tertiary/aromatic N) is 3. The number of Topliss-reactive ketones (excluding diaryl/α,β-unsaturated/α-hetero) is 1. The number of aryl methyl sites for hydroxylation is 1. The molecule has 2 saturated heterocycles. The predicted molar refractivity (Wildman–Crippen MR) is 116 cm³/mol. The first-order valence-corrected chi connectivity index (χ1v) is 10.9. The summed E-state index contributed by atoms with van der Waals surface area (Å²) in [5.74, 6) is 0.226. The van der Waals surface area contributed by atoms with Crippen LogP contribution in [0.2, 0.25) is 0 Å². The number of aromatic nitrogens is 1. The van der Waals surface area contributed by atoms with Crippen molar-refractivity contribution in [1.82, 2.24) is 14.4 Å². The Balaban J connectivity index is 1.33. The van der Waals surface area contributed by atoms with Gasteiger partial charge in [0.25, 0.3) is 5.91 Å². The van der Waals surface area contributed by atoms with Gasteiger partial charge >= 0.3 is 0 Å². The van der Waals surface area contributed by atoms with Crippen molar-refractivity contribution < 1.29 is 14.3 Å². The molecular weight excluding hydrogens is 378 g/mol. The highest BCUT2D eigenvalue weighted by Crippen LogP contribution is 2.21. The predicted octanol–water partition coefficient (Wildman–Crippen LogP) is 2.92. The number of ether oxygens (including phenoxy) is 1. The fourth-order valence-electron chi connectivity index (χ4n) is 4.52. The van der Waals surface area contributed by atoms with Crippen molar-refractivity contribution >= 4 is 11.7 Å². The largest absolute Gasteiger partial charge is 0.376 e. The molecule has 1 aromatic heterocycles. The molecule has 1 aromatic carbocycles. The second-order valence-electron chi connectivity index (χ2n) is 8.39. The van der Waals surface area contributed by atoms with Gasteiger partial charge in [0.2, 0.25) is 0 Å². The lowest BCUT2D eigenvalue weighted by molar-refractivity contribution is 0.0624. The summed E-state index contributed by atoms with van der Waals surface area (Å²) in [6.07, 6.45) is 2.47. The van der Waals surface area contributed by atoms with Crippen LogP contribution in [0.15, 0.2) is 36.4 Å². The number of rotatable bonds is 6. The molecular formula is C24H31N3O3. The highest BCUT2D eigenvalue weighted by molar-refractivity contribution is 5.99. The topological polar surface area (TPSA) is 54.8 Å². The van der Waals surface area contributed by atoms with E-state index in [4.69, 9.17) is 4.74 Å². The van der Waals surface area contributed by atoms with Crippen molar-refractivity contribution in [3.8, 4) is 0 Å². The van der Waals surface area contributed by atoms with Crippen LogP contribution < -0.4 is 0 Å². The molecule has 160 valence electrons. The molecule has 2 aliphatic rings. The Morgan fingerprint density at radius 1 is 1.07 bits per heavy atom. The van der Waals surface area contributed by atoms with E-state index in [1.807, 2.05) is 48.2 Å². The molecule has 0 spiro atoms. The Morgan fingerprint density at radius 3 is 2.47 bits per heavy atom. The van der Waals surface area contributed by atoms with Gasteiger partial charge in [0.1, 0.15) is 0 Å². The van der Waals surface area contributed by atoms with Gasteiger partial charge in [-0.15, -0.1) is 0 Å². The standard InChI is InChI=1S/C24H31N3O3/c1-18-15-22(19(2)27(18)16-21-9-6-14-30-21)23(28)17-25-10-12-26(13-11-25)24(29)20-7-4-3-5-8-20/h3-5,7-8,15,21H,6,9-14,16-17H2,1-2H3/t21-/m1/s1. The maximum Gasteiger partial charge on any atom is 0.253 e. The third-order valence-electron chi connectivity index (χ3n) is 6.33. The van der Waals surface area contributed by atoms with Gasteiger partial charge in [-0.2, -0.15) is 0 Å². The molecule has 6 nitrogen and oxygen atoms in total. The number of piperazine rings is 1. The highest BCUT2D eigenvalue weighted by atomic mass is 16.5. The van der Waals surface area contributed by atoms with E-state index in [1.165, 1.54) is 0 Å². The van der Waals surface area contributed by atoms with Crippen LogP contribution in [0.3, 0.4) is 0 Å². The van der Waals surface area contributed by atoms with E-state index in [-0.39, 0.29) is 17.8 Å². The third-order valence-corrected chi connectivity index (χ3v) is 6.33. The summed E-state index contributed by atoms with van der Waals surface area (Å²) in [5, 5.41) is 0. The Hall–Kier alpha value is -2.44. The average Bonchev–Trinajstić information content (AvgIpc) is 3.38. The zero-order chi connectivity index (χ0) is 21.1. The molecule has 30 heavy (non-hydrogen) atoms. The van der Waals surface area contributed by atoms with E-state index in [9.17, 15) is 9.59 Å². The first-order valence-electron chi connectivity index (χ1n) is 10.9. The van der Waals surface area contributed by atoms with E-state index in [0.717, 1.165) is 61.6 Å². The van der Waals surface area contributed by atoms with Crippen LogP contribution in [0.4, 0.5) is 0 Å². The Labute approximate surface area is 178 Å². The summed E-state index contributed by atoms with van der Waals surface area (Å²) in [7, 11) is 0. The molecule has 1 amide bonds. The van der Waals surface area contributed by atoms with E-state index < -0.39 is 0 Å². The number of ketones is 1. The molecule has 4 rings (SSSR count). The van der Waals surface area contributed by atoms with Gasteiger partial charge in [0, 0.05) is 61.8 Å². The zero-order valence-corrected chi connectivity index (χ0v) is 18.0. The summed E-state index contributed by atoms with van der Waals surface area (Å²) >= 11 is 0. The van der Waals surface area contributed by atoms with Gasteiger partial charge in [-0.05, 0) is 44.9 Å². The van der Waals surface area contributed by atoms with Crippen molar-refractivity contribution in [3.05, 3.63) is 58.9 Å². The maximum absolute atomic E-state index is 13.0. The molecule has 0 unspecified atom stereocenters. The van der Waals surface area contributed by atoms with Crippen molar-refractivity contribution in [2.24, 2.45) is 0 Å². The summed E-state index contributed by atoms with van der Waals surface area (Å²) in [6, 6.07) is 11.4. The monoisotopic (exact) mass is 409 g/mol. The number of benzene rings is 1. The SMILES string of the molecule is Cc1cc(C(=O)CN2CCN(C(=O)c3ccccc3)CC2)c(C)n1C[C@H]1CCCO1. The van der Waals surface area contributed by atoms with Gasteiger partial charge < -0.3 is 14.2 Å². The molecule has 0 radical (unpaired) electrons. The molecule has 6 heteroatoms. The minimum atomic E-state index is 0.0688. The lowest BCUT2D eigenvalue weighted by Crippen LogP contribution is -2.49. The number of hydrogen-bond acceptors (Lipinski definition) is 4. The molecule has 2 fully saturated rings. The van der Waals surface area contributed by atoms with E-state index in [2.05, 4.69) is 16.4 Å². The summed E-state index contributed by atoms with van der Waals surface area (Å²) in [4.78, 5) is 29.6. The Kier molecular flexibility index (Phi) is 6.35. The number of amides is 1. The molecule has 0 bridgehead atoms. The molecule has 0 aliphatic carbocycles. The second-order valence-corrected chi connectivity index (χ2v) is 8.39. The first kappa shape index (κ1) is 20.8. The Morgan fingerprint density at radius 2 is 1.80 bits per heavy atom. The lowest BCUT2D eigenvalue weighted by atomic mass is 10.1. The second kappa shape index (κ2) is 9.14. The number of carbonyl (C=O) groups excluding carboxylic acids is 2. The van der Waals surface area contributed by atoms with Gasteiger partial charge in [-0.1, -0.05) is 18.2 Å². The molecule has 0 saturated carbocycles. The average molecular weight is 410 g/mol. The van der Waals surface area contributed by atoms with Crippen LogP contribution in [0.1, 0.15) is 44.9 Å². The fraction of sp³-hybridized carbons (Fsp3) is 0.500. The van der Waals surface area contributed by atoms with Gasteiger partial charge in [0.05, 0.1) is 12.6 Å². The van der Waals surface area contributed by atoms with Crippen LogP contribution in [-0.2, 0) is 11.3 Å². The fourth-order valence-corrected chi connectivity index (χ4v) is 4.52. The zero-order valence-electron chi connectivity index (χ0n) is 18.0. The van der Waals surface area contributed by atoms with Gasteiger partial charge in [-0.25, -0.2) is 0 Å². The Bertz CT molecular complexity index is 892. The minimum Gasteiger partial charge on any atom is -0.376 e. The summed E-state index contributed by atoms with van der Waals surface area (Å²) < 4.78 is 8.00. The minimum absolute atomic E-state index is 0.0688. The molecule has 2 aromatic rings. The number of hydrogen-bond donors (Lipinski definition) is 0. The first-order chi connectivity index (χ1) is 14.5. The highest BCUT2D eigenvalue weighted by Gasteiger charge is 2.25. The van der Waals surface area contributed by atoms with E-state index in [1.54, 1.807) is 0 Å². The van der Waals surface area contributed by atoms with Crippen LogP contribution in [-0.4, -0.2) is 71.5 Å². The van der Waals surface area contributed by atoms with Crippen molar-refractivity contribution in [2.45, 2.75) is 39.3 Å². The van der Waals surface area contributed by atoms with Crippen LogP contribution in [0.25, 0.3) is 0 Å². The normalized spacial score (nSPS) is 19.9. The molecule has 1 atom stereocenters. The van der Waals surface area contributed by atoms with E-state index >= 15 is 0 Å². The molecule has 0 N–H and O–H groups in total. The molecule has 2 aliphatic heterocycles.